The van der Waals surface area contributed by atoms with Crippen molar-refractivity contribution in [2.45, 2.75) is 13.8 Å². The monoisotopic (exact) mass is 660 g/mol. The van der Waals surface area contributed by atoms with Gasteiger partial charge >= 0.3 is 0 Å². The SMILES string of the molecule is Cc1cc(=O)c2c(O)c3c(O)c(Br)c(O)c4c5c(O)c(Br)c(O)c6c(=O)c7c(O)cc(C)c8c1c2c(c34)c(c65)c78. The molecule has 10 heteroatoms. The van der Waals surface area contributed by atoms with Gasteiger partial charge in [0.2, 0.25) is 5.43 Å². The van der Waals surface area contributed by atoms with Crippen LogP contribution in [0.2, 0.25) is 0 Å². The number of hydrogen-bond acceptors (Lipinski definition) is 8. The maximum absolute atomic E-state index is 14.1. The third-order valence-corrected chi connectivity index (χ3v) is 9.95. The lowest BCUT2D eigenvalue weighted by Crippen LogP contribution is -2.10. The maximum Gasteiger partial charge on any atom is 0.201 e. The van der Waals surface area contributed by atoms with E-state index in [2.05, 4.69) is 31.9 Å². The Labute approximate surface area is 238 Å². The lowest BCUT2D eigenvalue weighted by Gasteiger charge is -2.26. The van der Waals surface area contributed by atoms with Gasteiger partial charge in [-0.2, -0.15) is 0 Å². The van der Waals surface area contributed by atoms with E-state index in [-0.39, 0.29) is 57.8 Å². The largest absolute Gasteiger partial charge is 0.507 e. The van der Waals surface area contributed by atoms with Gasteiger partial charge in [0.05, 0.1) is 21.5 Å². The fourth-order valence-electron chi connectivity index (χ4n) is 7.02. The highest BCUT2D eigenvalue weighted by atomic mass is 79.9. The third kappa shape index (κ3) is 2.21. The van der Waals surface area contributed by atoms with Crippen LogP contribution >= 0.6 is 31.9 Å². The predicted molar refractivity (Wildman–Crippen MR) is 161 cm³/mol. The number of fused-ring (bicyclic) bond motifs is 2. The minimum atomic E-state index is -0.694. The first-order valence-electron chi connectivity index (χ1n) is 12.0. The first kappa shape index (κ1) is 23.6. The molecular weight excluding hydrogens is 648 g/mol. The minimum absolute atomic E-state index is 0.0124. The maximum atomic E-state index is 14.1. The van der Waals surface area contributed by atoms with Crippen LogP contribution in [0.15, 0.2) is 30.7 Å². The summed E-state index contributed by atoms with van der Waals surface area (Å²) in [4.78, 5) is 27.6. The highest BCUT2D eigenvalue weighted by molar-refractivity contribution is 9.11. The van der Waals surface area contributed by atoms with E-state index in [1.54, 1.807) is 13.8 Å². The van der Waals surface area contributed by atoms with E-state index < -0.39 is 39.6 Å². The molecule has 0 saturated carbocycles. The number of halogens is 2. The van der Waals surface area contributed by atoms with Crippen molar-refractivity contribution in [1.82, 2.24) is 0 Å². The van der Waals surface area contributed by atoms with Gasteiger partial charge in [0.25, 0.3) is 0 Å². The normalized spacial score (nSPS) is 12.8. The molecule has 0 amide bonds. The average Bonchev–Trinajstić information content (AvgIpc) is 2.89. The molecule has 0 unspecified atom stereocenters. The summed E-state index contributed by atoms with van der Waals surface area (Å²) in [7, 11) is 0. The number of phenolic OH excluding ortho intramolecular Hbond substituents is 6. The molecule has 0 bridgehead atoms. The molecule has 8 aromatic carbocycles. The molecule has 0 saturated heterocycles. The zero-order valence-electron chi connectivity index (χ0n) is 20.4. The molecule has 8 rings (SSSR count). The van der Waals surface area contributed by atoms with Crippen LogP contribution in [0.4, 0.5) is 0 Å². The van der Waals surface area contributed by atoms with Crippen molar-refractivity contribution < 1.29 is 30.6 Å². The molecule has 0 atom stereocenters. The first-order valence-corrected chi connectivity index (χ1v) is 13.6. The highest BCUT2D eigenvalue weighted by Crippen LogP contribution is 2.61. The number of aromatic hydroxyl groups is 6. The second kappa shape index (κ2) is 6.89. The zero-order chi connectivity index (χ0) is 28.4. The molecule has 8 aromatic rings. The van der Waals surface area contributed by atoms with E-state index in [4.69, 9.17) is 0 Å². The molecule has 0 aliphatic carbocycles. The van der Waals surface area contributed by atoms with Crippen molar-refractivity contribution in [3.05, 3.63) is 52.7 Å². The number of phenols is 6. The lowest BCUT2D eigenvalue weighted by molar-refractivity contribution is 0.446. The van der Waals surface area contributed by atoms with Gasteiger partial charge in [-0.05, 0) is 79.7 Å². The fraction of sp³-hybridized carbons (Fsp3) is 0.0667. The zero-order valence-corrected chi connectivity index (χ0v) is 23.6. The summed E-state index contributed by atoms with van der Waals surface area (Å²) in [6, 6.07) is 2.81. The summed E-state index contributed by atoms with van der Waals surface area (Å²) < 4.78 is -0.421. The molecular formula is C30H14Br2O8. The fourth-order valence-corrected chi connectivity index (χ4v) is 7.81. The van der Waals surface area contributed by atoms with Gasteiger partial charge in [-0.3, -0.25) is 9.59 Å². The average molecular weight is 662 g/mol. The topological polar surface area (TPSA) is 156 Å². The van der Waals surface area contributed by atoms with E-state index in [0.717, 1.165) is 0 Å². The summed E-state index contributed by atoms with van der Waals surface area (Å²) in [5, 5.41) is 70.0. The van der Waals surface area contributed by atoms with E-state index >= 15 is 0 Å². The Bertz CT molecular complexity index is 2600. The summed E-state index contributed by atoms with van der Waals surface area (Å²) >= 11 is 6.33. The Balaban J connectivity index is 2.05. The van der Waals surface area contributed by atoms with Gasteiger partial charge in [0.1, 0.15) is 43.4 Å². The predicted octanol–water partition coefficient (Wildman–Crippen LogP) is 6.61. The van der Waals surface area contributed by atoms with Crippen molar-refractivity contribution >= 4 is 107 Å². The second-order valence-electron chi connectivity index (χ2n) is 10.4. The van der Waals surface area contributed by atoms with Gasteiger partial charge < -0.3 is 30.6 Å². The van der Waals surface area contributed by atoms with Crippen LogP contribution in [0.5, 0.6) is 34.5 Å². The summed E-state index contributed by atoms with van der Waals surface area (Å²) in [6.45, 7) is 3.48. The van der Waals surface area contributed by atoms with Crippen molar-refractivity contribution in [2.24, 2.45) is 0 Å². The molecule has 0 fully saturated rings. The number of hydrogen-bond donors (Lipinski definition) is 6. The van der Waals surface area contributed by atoms with E-state index in [1.807, 2.05) is 0 Å². The molecule has 0 aromatic heterocycles. The molecule has 196 valence electrons. The van der Waals surface area contributed by atoms with Crippen LogP contribution in [-0.4, -0.2) is 30.6 Å². The van der Waals surface area contributed by atoms with Crippen molar-refractivity contribution in [1.29, 1.82) is 0 Å². The number of rotatable bonds is 0. The molecule has 8 nitrogen and oxygen atoms in total. The Hall–Kier alpha value is -4.28. The molecule has 6 N–H and O–H groups in total. The molecule has 0 spiro atoms. The van der Waals surface area contributed by atoms with E-state index in [9.17, 15) is 40.2 Å². The Morgan fingerprint density at radius 2 is 0.850 bits per heavy atom. The third-order valence-electron chi connectivity index (χ3n) is 8.45. The summed E-state index contributed by atoms with van der Waals surface area (Å²) in [5.41, 5.74) is -0.0504. The Morgan fingerprint density at radius 1 is 0.450 bits per heavy atom. The van der Waals surface area contributed by atoms with Gasteiger partial charge in [-0.1, -0.05) is 0 Å². The standard InChI is InChI=1S/C30H14Br2O8/c1-5-3-7(33)11-13-9(5)10-6(2)4-8(34)12-14(10)16-15(13)17-19(27(37)23(31)29(39)21(17)25(11)35)20-18(16)22(26(12)36)30(40)24(32)28(20)38/h3-4,33,36-40H,1-2H3. The van der Waals surface area contributed by atoms with Crippen LogP contribution in [0.3, 0.4) is 0 Å². The van der Waals surface area contributed by atoms with Crippen molar-refractivity contribution in [3.8, 4) is 34.5 Å². The van der Waals surface area contributed by atoms with Crippen LogP contribution in [0.25, 0.3) is 75.4 Å². The smallest absolute Gasteiger partial charge is 0.201 e. The van der Waals surface area contributed by atoms with Crippen LogP contribution in [0.1, 0.15) is 11.1 Å². The lowest BCUT2D eigenvalue weighted by atomic mass is 9.78. The van der Waals surface area contributed by atoms with Gasteiger partial charge in [0, 0.05) is 43.1 Å². The van der Waals surface area contributed by atoms with E-state index in [0.29, 0.717) is 43.4 Å². The van der Waals surface area contributed by atoms with Gasteiger partial charge in [0.15, 0.2) is 5.43 Å². The quantitative estimate of drug-likeness (QED) is 0.0784. The van der Waals surface area contributed by atoms with Crippen LogP contribution in [-0.2, 0) is 0 Å². The van der Waals surface area contributed by atoms with Crippen molar-refractivity contribution in [3.63, 3.8) is 0 Å². The Kier molecular flexibility index (Phi) is 4.06. The van der Waals surface area contributed by atoms with Crippen LogP contribution < -0.4 is 10.9 Å². The molecule has 0 aliphatic rings. The molecule has 0 heterocycles. The Morgan fingerprint density at radius 3 is 1.43 bits per heavy atom. The molecule has 0 aliphatic heterocycles. The highest BCUT2D eigenvalue weighted by Gasteiger charge is 2.35. The minimum Gasteiger partial charge on any atom is -0.507 e. The summed E-state index contributed by atoms with van der Waals surface area (Å²) in [5.74, 6) is -2.88. The van der Waals surface area contributed by atoms with Gasteiger partial charge in [-0.25, -0.2) is 0 Å². The second-order valence-corrected chi connectivity index (χ2v) is 11.9. The number of benzene rings is 8. The molecule has 0 radical (unpaired) electrons. The number of aryl methyl sites for hydroxylation is 2. The van der Waals surface area contributed by atoms with Crippen molar-refractivity contribution in [2.75, 3.05) is 0 Å². The van der Waals surface area contributed by atoms with Gasteiger partial charge in [-0.15, -0.1) is 0 Å². The first-order chi connectivity index (χ1) is 18.9. The van der Waals surface area contributed by atoms with E-state index in [1.165, 1.54) is 12.1 Å². The van der Waals surface area contributed by atoms with Crippen LogP contribution in [0, 0.1) is 13.8 Å². The summed E-state index contributed by atoms with van der Waals surface area (Å²) in [6.07, 6.45) is 0. The molecule has 40 heavy (non-hydrogen) atoms.